The molecule has 0 fully saturated rings. The molecule has 184 valence electrons. The van der Waals surface area contributed by atoms with Crippen LogP contribution in [0.5, 0.6) is 0 Å². The van der Waals surface area contributed by atoms with E-state index in [1.807, 2.05) is 23.7 Å². The number of nitrogens with two attached hydrogens (primary N) is 1. The smallest absolute Gasteiger partial charge is 0.283 e. The standard InChI is InChI=1S/C23H27N6O3S3/c1-16(30)13-25-21-20-22(29-23(28-21)33-14-18-5-3-2-4-6-18)26-15-34(20)27-12-11-17-7-9-19(10-8-17)35(24,31)32/h2-10,15-16,27,30H,11-14H2,1H3,(H2,24,31,32)(H,25,28,29)/q+1. The Bertz CT molecular complexity index is 1380. The summed E-state index contributed by atoms with van der Waals surface area (Å²) in [6.07, 6.45) is 0.165. The second-order valence-electron chi connectivity index (χ2n) is 7.92. The predicted octanol–water partition coefficient (Wildman–Crippen LogP) is 3.29. The van der Waals surface area contributed by atoms with Crippen LogP contribution in [0.15, 0.2) is 70.2 Å². The van der Waals surface area contributed by atoms with Crippen LogP contribution in [0.4, 0.5) is 5.82 Å². The number of hydrogen-bond acceptors (Lipinski definition) is 9. The van der Waals surface area contributed by atoms with E-state index in [-0.39, 0.29) is 4.90 Å². The minimum absolute atomic E-state index is 0.0971. The van der Waals surface area contributed by atoms with Crippen LogP contribution in [-0.2, 0) is 22.2 Å². The van der Waals surface area contributed by atoms with Crippen molar-refractivity contribution in [3.8, 4) is 0 Å². The van der Waals surface area contributed by atoms with Crippen molar-refractivity contribution >= 4 is 48.6 Å². The lowest BCUT2D eigenvalue weighted by Crippen LogP contribution is -2.16. The van der Waals surface area contributed by atoms with Crippen LogP contribution < -0.4 is 15.2 Å². The summed E-state index contributed by atoms with van der Waals surface area (Å²) in [7, 11) is -4.20. The molecule has 0 bridgehead atoms. The third kappa shape index (κ3) is 6.97. The molecule has 0 radical (unpaired) electrons. The lowest BCUT2D eigenvalue weighted by atomic mass is 10.2. The molecule has 2 unspecified atom stereocenters. The molecule has 5 N–H and O–H groups in total. The van der Waals surface area contributed by atoms with Crippen LogP contribution in [0.25, 0.3) is 10.3 Å². The summed E-state index contributed by atoms with van der Waals surface area (Å²) in [5.41, 5.74) is 4.63. The SMILES string of the molecule is CC(O)CNc1nc(SCc2ccccc2)nc2nc[s+](NCCc3ccc(S(N)(=O)=O)cc3)c12. The topological polar surface area (TPSA) is 143 Å². The number of thioether (sulfide) groups is 1. The van der Waals surface area contributed by atoms with Gasteiger partial charge in [-0.3, -0.25) is 0 Å². The Morgan fingerprint density at radius 2 is 1.83 bits per heavy atom. The highest BCUT2D eigenvalue weighted by Crippen LogP contribution is 2.34. The summed E-state index contributed by atoms with van der Waals surface area (Å²) in [5, 5.41) is 18.8. The molecule has 0 aliphatic rings. The van der Waals surface area contributed by atoms with Gasteiger partial charge in [-0.1, -0.05) is 54.2 Å². The number of sulfonamides is 1. The number of nitrogens with zero attached hydrogens (tertiary/aromatic N) is 3. The van der Waals surface area contributed by atoms with E-state index in [0.29, 0.717) is 36.1 Å². The van der Waals surface area contributed by atoms with Crippen LogP contribution >= 0.6 is 22.4 Å². The molecule has 2 heterocycles. The summed E-state index contributed by atoms with van der Waals surface area (Å²) in [6, 6.07) is 16.7. The average Bonchev–Trinajstić information content (AvgIpc) is 3.24. The van der Waals surface area contributed by atoms with Crippen molar-refractivity contribution in [2.45, 2.75) is 35.3 Å². The Morgan fingerprint density at radius 1 is 1.09 bits per heavy atom. The van der Waals surface area contributed by atoms with E-state index in [0.717, 1.165) is 16.0 Å². The molecular weight excluding hydrogens is 504 g/mol. The van der Waals surface area contributed by atoms with E-state index in [4.69, 9.17) is 10.1 Å². The van der Waals surface area contributed by atoms with Crippen LogP contribution in [-0.4, -0.2) is 47.7 Å². The van der Waals surface area contributed by atoms with Crippen molar-refractivity contribution in [2.75, 3.05) is 23.1 Å². The molecule has 4 aromatic rings. The Kier molecular flexibility index (Phi) is 8.31. The molecule has 9 nitrogen and oxygen atoms in total. The molecule has 0 saturated carbocycles. The molecule has 0 saturated heterocycles. The monoisotopic (exact) mass is 531 g/mol. The number of aromatic nitrogens is 3. The molecule has 0 amide bonds. The van der Waals surface area contributed by atoms with E-state index in [2.05, 4.69) is 32.1 Å². The van der Waals surface area contributed by atoms with Gasteiger partial charge in [0.1, 0.15) is 10.7 Å². The predicted molar refractivity (Wildman–Crippen MR) is 142 cm³/mol. The fourth-order valence-electron chi connectivity index (χ4n) is 3.28. The van der Waals surface area contributed by atoms with Gasteiger partial charge in [0, 0.05) is 18.8 Å². The maximum Gasteiger partial charge on any atom is 0.283 e. The third-order valence-electron chi connectivity index (χ3n) is 5.03. The highest BCUT2D eigenvalue weighted by molar-refractivity contribution is 7.98. The molecular formula is C23H27N6O3S3+. The molecule has 2 aromatic carbocycles. The number of anilines is 1. The van der Waals surface area contributed by atoms with Crippen molar-refractivity contribution in [2.24, 2.45) is 5.14 Å². The Labute approximate surface area is 211 Å². The van der Waals surface area contributed by atoms with E-state index < -0.39 is 26.8 Å². The molecule has 35 heavy (non-hydrogen) atoms. The number of thiazole rings is 1. The average molecular weight is 532 g/mol. The number of rotatable bonds is 11. The van der Waals surface area contributed by atoms with Gasteiger partial charge in [0.2, 0.25) is 15.7 Å². The van der Waals surface area contributed by atoms with Crippen LogP contribution in [0, 0.1) is 0 Å². The highest BCUT2D eigenvalue weighted by atomic mass is 32.2. The Morgan fingerprint density at radius 3 is 2.51 bits per heavy atom. The normalized spacial score (nSPS) is 13.2. The highest BCUT2D eigenvalue weighted by Gasteiger charge is 2.23. The number of aliphatic hydroxyl groups is 1. The lowest BCUT2D eigenvalue weighted by molar-refractivity contribution is 0.208. The second kappa shape index (κ2) is 11.4. The molecule has 0 spiro atoms. The van der Waals surface area contributed by atoms with Gasteiger partial charge in [-0.15, -0.1) is 4.72 Å². The Balaban J connectivity index is 1.49. The molecule has 4 rings (SSSR count). The number of benzene rings is 2. The fourth-order valence-corrected chi connectivity index (χ4v) is 6.06. The van der Waals surface area contributed by atoms with Gasteiger partial charge in [-0.25, -0.2) is 13.6 Å². The maximum atomic E-state index is 11.4. The molecule has 0 aliphatic heterocycles. The number of fused-ring (bicyclic) bond motifs is 1. The minimum atomic E-state index is -3.70. The summed E-state index contributed by atoms with van der Waals surface area (Å²) in [4.78, 5) is 14.0. The minimum Gasteiger partial charge on any atom is -0.392 e. The molecule has 0 aliphatic carbocycles. The van der Waals surface area contributed by atoms with Crippen LogP contribution in [0.2, 0.25) is 0 Å². The van der Waals surface area contributed by atoms with Crippen molar-refractivity contribution in [1.82, 2.24) is 15.0 Å². The van der Waals surface area contributed by atoms with E-state index in [9.17, 15) is 13.5 Å². The lowest BCUT2D eigenvalue weighted by Gasteiger charge is -2.08. The summed E-state index contributed by atoms with van der Waals surface area (Å²) in [5.74, 6) is 1.41. The van der Waals surface area contributed by atoms with Crippen molar-refractivity contribution < 1.29 is 13.5 Å². The number of nitrogens with one attached hydrogen (secondary N) is 2. The molecule has 2 aromatic heterocycles. The summed E-state index contributed by atoms with van der Waals surface area (Å²) in [6.45, 7) is 2.72. The van der Waals surface area contributed by atoms with Crippen LogP contribution in [0.1, 0.15) is 18.1 Å². The first kappa shape index (κ1) is 25.5. The van der Waals surface area contributed by atoms with Gasteiger partial charge in [0.15, 0.2) is 11.0 Å². The molecule has 12 heteroatoms. The second-order valence-corrected chi connectivity index (χ2v) is 12.0. The number of aliphatic hydroxyl groups excluding tert-OH is 1. The van der Waals surface area contributed by atoms with Gasteiger partial charge in [-0.2, -0.15) is 15.0 Å². The van der Waals surface area contributed by atoms with Gasteiger partial charge in [0.25, 0.3) is 10.2 Å². The van der Waals surface area contributed by atoms with Crippen LogP contribution in [0.3, 0.4) is 0 Å². The first-order valence-corrected chi connectivity index (χ1v) is 14.7. The zero-order chi connectivity index (χ0) is 24.8. The molecule has 2 atom stereocenters. The quantitative estimate of drug-likeness (QED) is 0.130. The van der Waals surface area contributed by atoms with E-state index in [1.165, 1.54) is 29.5 Å². The summed E-state index contributed by atoms with van der Waals surface area (Å²) < 4.78 is 27.2. The summed E-state index contributed by atoms with van der Waals surface area (Å²) >= 11 is 1.54. The van der Waals surface area contributed by atoms with E-state index in [1.54, 1.807) is 19.1 Å². The first-order valence-electron chi connectivity index (χ1n) is 10.9. The third-order valence-corrected chi connectivity index (χ3v) is 8.52. The largest absolute Gasteiger partial charge is 0.392 e. The zero-order valence-electron chi connectivity index (χ0n) is 19.1. The fraction of sp³-hybridized carbons (Fsp3) is 0.261. The van der Waals surface area contributed by atoms with Crippen molar-refractivity contribution in [1.29, 1.82) is 0 Å². The van der Waals surface area contributed by atoms with Crippen molar-refractivity contribution in [3.05, 3.63) is 71.2 Å². The number of primary sulfonamides is 1. The number of hydrogen-bond donors (Lipinski definition) is 4. The van der Waals surface area contributed by atoms with Gasteiger partial charge in [0.05, 0.1) is 11.0 Å². The maximum absolute atomic E-state index is 11.4. The Hall–Kier alpha value is -2.61. The van der Waals surface area contributed by atoms with Crippen molar-refractivity contribution in [3.63, 3.8) is 0 Å². The van der Waals surface area contributed by atoms with Gasteiger partial charge in [-0.05, 0) is 36.6 Å². The van der Waals surface area contributed by atoms with E-state index >= 15 is 0 Å². The zero-order valence-corrected chi connectivity index (χ0v) is 21.5. The first-order chi connectivity index (χ1) is 16.8. The van der Waals surface area contributed by atoms with Gasteiger partial charge < -0.3 is 10.4 Å². The van der Waals surface area contributed by atoms with Gasteiger partial charge >= 0.3 is 0 Å².